The van der Waals surface area contributed by atoms with Gasteiger partial charge in [-0.2, -0.15) is 0 Å². The van der Waals surface area contributed by atoms with Crippen molar-refractivity contribution in [2.24, 2.45) is 0 Å². The van der Waals surface area contributed by atoms with E-state index in [0.717, 1.165) is 16.9 Å². The molecule has 0 atom stereocenters. The van der Waals surface area contributed by atoms with Crippen molar-refractivity contribution in [2.75, 3.05) is 18.5 Å². The molecule has 0 spiro atoms. The number of rotatable bonds is 7. The molecule has 0 saturated carbocycles. The van der Waals surface area contributed by atoms with Gasteiger partial charge in [0.05, 0.1) is 17.2 Å². The normalized spacial score (nSPS) is 10.5. The molecule has 0 saturated heterocycles. The Bertz CT molecular complexity index is 820. The number of benzene rings is 1. The fourth-order valence-electron chi connectivity index (χ4n) is 2.34. The molecule has 1 amide bonds. The van der Waals surface area contributed by atoms with Crippen molar-refractivity contribution in [3.63, 3.8) is 0 Å². The number of carbonyl (C=O) groups is 2. The van der Waals surface area contributed by atoms with Crippen LogP contribution in [0.4, 0.5) is 5.00 Å². The number of esters is 1. The number of halogens is 2. The van der Waals surface area contributed by atoms with E-state index in [9.17, 15) is 9.59 Å². The van der Waals surface area contributed by atoms with Crippen LogP contribution >= 0.6 is 34.5 Å². The zero-order valence-electron chi connectivity index (χ0n) is 14.7. The number of hydrogen-bond acceptors (Lipinski definition) is 5. The second-order valence-electron chi connectivity index (χ2n) is 5.32. The van der Waals surface area contributed by atoms with E-state index in [1.807, 2.05) is 13.8 Å². The first kappa shape index (κ1) is 20.6. The van der Waals surface area contributed by atoms with Crippen molar-refractivity contribution in [3.05, 3.63) is 44.2 Å². The maximum absolute atomic E-state index is 12.3. The highest BCUT2D eigenvalue weighted by Crippen LogP contribution is 2.34. The molecule has 26 heavy (non-hydrogen) atoms. The summed E-state index contributed by atoms with van der Waals surface area (Å²) >= 11 is 13.3. The smallest absolute Gasteiger partial charge is 0.341 e. The fourth-order valence-corrected chi connectivity index (χ4v) is 3.83. The number of amides is 1. The quantitative estimate of drug-likeness (QED) is 0.637. The van der Waals surface area contributed by atoms with Gasteiger partial charge in [0.2, 0.25) is 0 Å². The number of nitrogens with one attached hydrogen (secondary N) is 1. The van der Waals surface area contributed by atoms with Crippen LogP contribution in [0.5, 0.6) is 5.75 Å². The van der Waals surface area contributed by atoms with Crippen molar-refractivity contribution in [2.45, 2.75) is 27.2 Å². The zero-order valence-corrected chi connectivity index (χ0v) is 17.0. The van der Waals surface area contributed by atoms with E-state index in [-0.39, 0.29) is 18.2 Å². The first-order chi connectivity index (χ1) is 12.4. The summed E-state index contributed by atoms with van der Waals surface area (Å²) in [7, 11) is 0. The standard InChI is InChI=1S/C18H19Cl2NO4S/c1-4-13-10(3)15(18(23)24-5-2)17(26-13)21-14(22)9-25-12-8-6-7-11(19)16(12)20/h6-8H,4-5,9H2,1-3H3,(H,21,22). The minimum atomic E-state index is -0.449. The van der Waals surface area contributed by atoms with Gasteiger partial charge in [0.1, 0.15) is 15.8 Å². The Morgan fingerprint density at radius 3 is 2.62 bits per heavy atom. The average molecular weight is 416 g/mol. The van der Waals surface area contributed by atoms with Crippen LogP contribution in [0.2, 0.25) is 10.0 Å². The van der Waals surface area contributed by atoms with Crippen LogP contribution in [0.25, 0.3) is 0 Å². The highest BCUT2D eigenvalue weighted by Gasteiger charge is 2.23. The van der Waals surface area contributed by atoms with Crippen LogP contribution < -0.4 is 10.1 Å². The number of aryl methyl sites for hydroxylation is 1. The molecule has 140 valence electrons. The van der Waals surface area contributed by atoms with Crippen molar-refractivity contribution in [1.82, 2.24) is 0 Å². The predicted molar refractivity (Wildman–Crippen MR) is 105 cm³/mol. The monoisotopic (exact) mass is 415 g/mol. The van der Waals surface area contributed by atoms with Crippen molar-refractivity contribution in [1.29, 1.82) is 0 Å². The number of carbonyl (C=O) groups excluding carboxylic acids is 2. The third kappa shape index (κ3) is 4.69. The number of ether oxygens (including phenoxy) is 2. The largest absolute Gasteiger partial charge is 0.482 e. The van der Waals surface area contributed by atoms with Gasteiger partial charge in [-0.05, 0) is 38.0 Å². The van der Waals surface area contributed by atoms with E-state index in [4.69, 9.17) is 32.7 Å². The lowest BCUT2D eigenvalue weighted by Gasteiger charge is -2.10. The molecule has 1 heterocycles. The minimum Gasteiger partial charge on any atom is -0.482 e. The molecule has 2 aromatic rings. The Balaban J connectivity index is 2.13. The molecule has 5 nitrogen and oxygen atoms in total. The van der Waals surface area contributed by atoms with Gasteiger partial charge < -0.3 is 14.8 Å². The lowest BCUT2D eigenvalue weighted by Crippen LogP contribution is -2.21. The first-order valence-electron chi connectivity index (χ1n) is 8.05. The van der Waals surface area contributed by atoms with Crippen molar-refractivity contribution >= 4 is 51.4 Å². The van der Waals surface area contributed by atoms with Crippen molar-refractivity contribution in [3.8, 4) is 5.75 Å². The molecule has 1 aromatic heterocycles. The summed E-state index contributed by atoms with van der Waals surface area (Å²) < 4.78 is 10.5. The van der Waals surface area contributed by atoms with Gasteiger partial charge in [0, 0.05) is 4.88 Å². The Kier molecular flexibility index (Phi) is 7.32. The number of anilines is 1. The van der Waals surface area contributed by atoms with Gasteiger partial charge in [-0.25, -0.2) is 4.79 Å². The Hall–Kier alpha value is -1.76. The lowest BCUT2D eigenvalue weighted by atomic mass is 10.1. The van der Waals surface area contributed by atoms with E-state index < -0.39 is 11.9 Å². The molecule has 1 N–H and O–H groups in total. The number of thiophene rings is 1. The van der Waals surface area contributed by atoms with Gasteiger partial charge in [0.25, 0.3) is 5.91 Å². The van der Waals surface area contributed by atoms with E-state index in [1.54, 1.807) is 25.1 Å². The van der Waals surface area contributed by atoms with Gasteiger partial charge in [-0.15, -0.1) is 11.3 Å². The van der Waals surface area contributed by atoms with Crippen LogP contribution in [0.3, 0.4) is 0 Å². The van der Waals surface area contributed by atoms with Crippen LogP contribution in [-0.4, -0.2) is 25.1 Å². The summed E-state index contributed by atoms with van der Waals surface area (Å²) in [5, 5.41) is 3.78. The molecule has 0 radical (unpaired) electrons. The number of hydrogen-bond donors (Lipinski definition) is 1. The molecular formula is C18H19Cl2NO4S. The molecule has 0 aliphatic heterocycles. The Morgan fingerprint density at radius 2 is 1.96 bits per heavy atom. The fraction of sp³-hybridized carbons (Fsp3) is 0.333. The Morgan fingerprint density at radius 1 is 1.23 bits per heavy atom. The molecular weight excluding hydrogens is 397 g/mol. The second kappa shape index (κ2) is 9.26. The third-order valence-electron chi connectivity index (χ3n) is 3.57. The van der Waals surface area contributed by atoms with Gasteiger partial charge in [-0.1, -0.05) is 36.2 Å². The van der Waals surface area contributed by atoms with E-state index in [2.05, 4.69) is 5.32 Å². The van der Waals surface area contributed by atoms with Gasteiger partial charge in [-0.3, -0.25) is 4.79 Å². The first-order valence-corrected chi connectivity index (χ1v) is 9.62. The highest BCUT2D eigenvalue weighted by molar-refractivity contribution is 7.17. The maximum atomic E-state index is 12.3. The maximum Gasteiger partial charge on any atom is 0.341 e. The van der Waals surface area contributed by atoms with E-state index in [0.29, 0.717) is 21.3 Å². The summed E-state index contributed by atoms with van der Waals surface area (Å²) in [6, 6.07) is 4.93. The molecule has 0 aliphatic carbocycles. The molecule has 2 rings (SSSR count). The molecule has 0 aliphatic rings. The Labute approximate surface area is 166 Å². The van der Waals surface area contributed by atoms with Gasteiger partial charge in [0.15, 0.2) is 6.61 Å². The highest BCUT2D eigenvalue weighted by atomic mass is 35.5. The third-order valence-corrected chi connectivity index (χ3v) is 5.73. The van der Waals surface area contributed by atoms with E-state index in [1.165, 1.54) is 11.3 Å². The summed E-state index contributed by atoms with van der Waals surface area (Å²) in [6.07, 6.45) is 0.757. The van der Waals surface area contributed by atoms with Crippen LogP contribution in [0.1, 0.15) is 34.6 Å². The summed E-state index contributed by atoms with van der Waals surface area (Å²) in [6.45, 7) is 5.57. The summed E-state index contributed by atoms with van der Waals surface area (Å²) in [5.41, 5.74) is 1.22. The minimum absolute atomic E-state index is 0.245. The summed E-state index contributed by atoms with van der Waals surface area (Å²) in [4.78, 5) is 25.5. The average Bonchev–Trinajstić information content (AvgIpc) is 2.91. The second-order valence-corrected chi connectivity index (χ2v) is 7.21. The van der Waals surface area contributed by atoms with Crippen molar-refractivity contribution < 1.29 is 19.1 Å². The molecule has 0 unspecified atom stereocenters. The molecule has 0 fully saturated rings. The van der Waals surface area contributed by atoms with Crippen LogP contribution in [0, 0.1) is 6.92 Å². The van der Waals surface area contributed by atoms with Crippen LogP contribution in [0.15, 0.2) is 18.2 Å². The molecule has 1 aromatic carbocycles. The predicted octanol–water partition coefficient (Wildman–Crippen LogP) is 5.12. The lowest BCUT2D eigenvalue weighted by molar-refractivity contribution is -0.118. The topological polar surface area (TPSA) is 64.6 Å². The summed E-state index contributed by atoms with van der Waals surface area (Å²) in [5.74, 6) is -0.540. The SMILES string of the molecule is CCOC(=O)c1c(NC(=O)COc2cccc(Cl)c2Cl)sc(CC)c1C. The molecule has 8 heteroatoms. The van der Waals surface area contributed by atoms with Gasteiger partial charge >= 0.3 is 5.97 Å². The molecule has 0 bridgehead atoms. The zero-order chi connectivity index (χ0) is 19.3. The van der Waals surface area contributed by atoms with Crippen LogP contribution in [-0.2, 0) is 16.0 Å². The van der Waals surface area contributed by atoms with E-state index >= 15 is 0 Å².